The highest BCUT2D eigenvalue weighted by atomic mass is 32.1. The number of thiophene rings is 2. The average molecular weight is 393 g/mol. The molecule has 2 aromatic heterocycles. The SMILES string of the molecule is C[N+]1(C)[C@@H]2CC(OC(=O)C(O)(c3cccs3)c3cccs3)C[C@H]1C1O[C@@H]12. The van der Waals surface area contributed by atoms with Crippen LogP contribution in [0.4, 0.5) is 0 Å². The third-order valence-corrected chi connectivity index (χ3v) is 8.32. The second-order valence-electron chi connectivity index (χ2n) is 7.99. The van der Waals surface area contributed by atoms with E-state index < -0.39 is 11.6 Å². The first kappa shape index (κ1) is 16.9. The Morgan fingerprint density at radius 1 is 1.15 bits per heavy atom. The lowest BCUT2D eigenvalue weighted by Crippen LogP contribution is -2.60. The Balaban J connectivity index is 1.40. The molecule has 3 saturated heterocycles. The Morgan fingerprint density at radius 2 is 1.69 bits per heavy atom. The van der Waals surface area contributed by atoms with Crippen LogP contribution in [-0.2, 0) is 19.9 Å². The van der Waals surface area contributed by atoms with Gasteiger partial charge in [0.1, 0.15) is 30.4 Å². The van der Waals surface area contributed by atoms with E-state index in [9.17, 15) is 9.90 Å². The van der Waals surface area contributed by atoms with Crippen molar-refractivity contribution in [2.75, 3.05) is 14.1 Å². The van der Waals surface area contributed by atoms with Crippen molar-refractivity contribution in [1.29, 1.82) is 0 Å². The van der Waals surface area contributed by atoms with Crippen molar-refractivity contribution in [3.8, 4) is 0 Å². The predicted molar refractivity (Wildman–Crippen MR) is 99.1 cm³/mol. The van der Waals surface area contributed by atoms with Gasteiger partial charge in [-0.3, -0.25) is 0 Å². The molecule has 3 aliphatic rings. The van der Waals surface area contributed by atoms with Crippen molar-refractivity contribution in [3.63, 3.8) is 0 Å². The number of piperidine rings is 1. The molecule has 5 heterocycles. The van der Waals surface area contributed by atoms with Crippen LogP contribution in [0, 0.1) is 0 Å². The minimum absolute atomic E-state index is 0.161. The Morgan fingerprint density at radius 3 is 2.15 bits per heavy atom. The zero-order valence-corrected chi connectivity index (χ0v) is 16.3. The van der Waals surface area contributed by atoms with Crippen LogP contribution in [0.1, 0.15) is 22.6 Å². The number of aliphatic hydroxyl groups is 1. The molecule has 26 heavy (non-hydrogen) atoms. The molecule has 0 aromatic carbocycles. The van der Waals surface area contributed by atoms with Crippen LogP contribution < -0.4 is 0 Å². The van der Waals surface area contributed by atoms with Crippen LogP contribution in [-0.4, -0.2) is 60.0 Å². The normalized spacial score (nSPS) is 34.3. The maximum Gasteiger partial charge on any atom is 0.349 e. The van der Waals surface area contributed by atoms with Gasteiger partial charge < -0.3 is 19.1 Å². The van der Waals surface area contributed by atoms with Crippen molar-refractivity contribution < 1.29 is 23.9 Å². The molecule has 0 saturated carbocycles. The Bertz CT molecular complexity index is 762. The van der Waals surface area contributed by atoms with E-state index in [4.69, 9.17) is 9.47 Å². The highest BCUT2D eigenvalue weighted by Crippen LogP contribution is 2.52. The number of morpholine rings is 1. The van der Waals surface area contributed by atoms with Gasteiger partial charge >= 0.3 is 5.97 Å². The first-order valence-electron chi connectivity index (χ1n) is 8.92. The Labute approximate surface area is 160 Å². The molecular weight excluding hydrogens is 370 g/mol. The van der Waals surface area contributed by atoms with Crippen LogP contribution in [0.5, 0.6) is 0 Å². The van der Waals surface area contributed by atoms with Gasteiger partial charge in [0.05, 0.1) is 23.8 Å². The smallest absolute Gasteiger partial charge is 0.349 e. The van der Waals surface area contributed by atoms with Gasteiger partial charge in [0, 0.05) is 12.8 Å². The van der Waals surface area contributed by atoms with E-state index in [1.54, 1.807) is 12.1 Å². The lowest BCUT2D eigenvalue weighted by Gasteiger charge is -2.45. The summed E-state index contributed by atoms with van der Waals surface area (Å²) >= 11 is 2.74. The summed E-state index contributed by atoms with van der Waals surface area (Å²) < 4.78 is 12.6. The fourth-order valence-electron chi connectivity index (χ4n) is 4.83. The van der Waals surface area contributed by atoms with Gasteiger partial charge in [-0.2, -0.15) is 0 Å². The number of epoxide rings is 1. The van der Waals surface area contributed by atoms with Crippen LogP contribution in [0.25, 0.3) is 0 Å². The van der Waals surface area contributed by atoms with E-state index in [2.05, 4.69) is 14.1 Å². The third kappa shape index (κ3) is 2.28. The monoisotopic (exact) mass is 392 g/mol. The first-order chi connectivity index (χ1) is 12.4. The quantitative estimate of drug-likeness (QED) is 0.493. The molecule has 5 atom stereocenters. The van der Waals surface area contributed by atoms with Gasteiger partial charge in [-0.1, -0.05) is 12.1 Å². The summed E-state index contributed by atoms with van der Waals surface area (Å²) in [4.78, 5) is 14.3. The maximum atomic E-state index is 13.1. The summed E-state index contributed by atoms with van der Waals surface area (Å²) in [6, 6.07) is 8.01. The zero-order valence-electron chi connectivity index (χ0n) is 14.7. The molecule has 1 N–H and O–H groups in total. The fraction of sp³-hybridized carbons (Fsp3) is 0.526. The minimum Gasteiger partial charge on any atom is -0.459 e. The zero-order chi connectivity index (χ0) is 18.1. The Hall–Kier alpha value is -1.25. The number of esters is 1. The summed E-state index contributed by atoms with van der Waals surface area (Å²) in [7, 11) is 4.49. The lowest BCUT2D eigenvalue weighted by atomic mass is 9.95. The summed E-state index contributed by atoms with van der Waals surface area (Å²) in [6.45, 7) is 0. The van der Waals surface area contributed by atoms with Crippen molar-refractivity contribution in [2.45, 2.75) is 48.8 Å². The number of nitrogens with zero attached hydrogens (tertiary/aromatic N) is 1. The summed E-state index contributed by atoms with van der Waals surface area (Å²) in [5.74, 6) is -0.561. The van der Waals surface area contributed by atoms with Gasteiger partial charge in [-0.05, 0) is 22.9 Å². The minimum atomic E-state index is -1.72. The topological polar surface area (TPSA) is 59.1 Å². The van der Waals surface area contributed by atoms with E-state index in [0.717, 1.165) is 17.3 Å². The summed E-state index contributed by atoms with van der Waals surface area (Å²) in [6.07, 6.45) is 2.05. The second kappa shape index (κ2) is 5.62. The van der Waals surface area contributed by atoms with Gasteiger partial charge in [-0.25, -0.2) is 4.79 Å². The van der Waals surface area contributed by atoms with Crippen LogP contribution >= 0.6 is 22.7 Å². The number of hydrogen-bond donors (Lipinski definition) is 1. The van der Waals surface area contributed by atoms with Crippen LogP contribution in [0.15, 0.2) is 35.0 Å². The molecule has 3 fully saturated rings. The maximum absolute atomic E-state index is 13.1. The van der Waals surface area contributed by atoms with E-state index in [1.807, 2.05) is 22.9 Å². The number of hydrogen-bond acceptors (Lipinski definition) is 6. The molecule has 3 aliphatic heterocycles. The molecule has 2 bridgehead atoms. The molecule has 7 heteroatoms. The van der Waals surface area contributed by atoms with Crippen molar-refractivity contribution in [1.82, 2.24) is 0 Å². The van der Waals surface area contributed by atoms with Gasteiger partial charge in [0.2, 0.25) is 5.60 Å². The van der Waals surface area contributed by atoms with Gasteiger partial charge in [0.25, 0.3) is 0 Å². The Kier molecular flexibility index (Phi) is 3.65. The molecule has 0 spiro atoms. The number of likely N-dealkylation sites (N-methyl/N-ethyl adjacent to an activating group) is 1. The molecule has 2 aromatic rings. The number of ether oxygens (including phenoxy) is 2. The highest BCUT2D eigenvalue weighted by molar-refractivity contribution is 7.12. The summed E-state index contributed by atoms with van der Waals surface area (Å²) in [5.41, 5.74) is -1.72. The molecule has 2 unspecified atom stereocenters. The standard InChI is InChI=1S/C19H22NO4S2/c1-20(2)12-9-11(10-13(20)17-16(12)24-17)23-18(21)19(22,14-5-3-7-25-14)15-6-4-8-26-15/h3-8,11-13,16-17,22H,9-10H2,1-2H3/q+1/t11?,12-,13+,16-,17?/m1/s1. The molecule has 0 aliphatic carbocycles. The first-order valence-corrected chi connectivity index (χ1v) is 10.7. The van der Waals surface area contributed by atoms with E-state index >= 15 is 0 Å². The number of carbonyl (C=O) groups excluding carboxylic acids is 1. The fourth-order valence-corrected chi connectivity index (χ4v) is 6.54. The van der Waals surface area contributed by atoms with Crippen molar-refractivity contribution >= 4 is 28.6 Å². The third-order valence-electron chi connectivity index (χ3n) is 6.36. The predicted octanol–water partition coefficient (Wildman–Crippen LogP) is 2.35. The van der Waals surface area contributed by atoms with Crippen LogP contribution in [0.3, 0.4) is 0 Å². The second-order valence-corrected chi connectivity index (χ2v) is 9.89. The van der Waals surface area contributed by atoms with Gasteiger partial charge in [0.15, 0.2) is 0 Å². The molecule has 0 radical (unpaired) electrons. The van der Waals surface area contributed by atoms with Crippen molar-refractivity contribution in [3.05, 3.63) is 44.8 Å². The van der Waals surface area contributed by atoms with Crippen molar-refractivity contribution in [2.24, 2.45) is 0 Å². The summed E-state index contributed by atoms with van der Waals surface area (Å²) in [5, 5.41) is 15.1. The molecule has 0 amide bonds. The van der Waals surface area contributed by atoms with E-state index in [1.165, 1.54) is 22.7 Å². The van der Waals surface area contributed by atoms with E-state index in [-0.39, 0.29) is 6.10 Å². The largest absolute Gasteiger partial charge is 0.459 e. The van der Waals surface area contributed by atoms with E-state index in [0.29, 0.717) is 34.0 Å². The molecule has 5 nitrogen and oxygen atoms in total. The van der Waals surface area contributed by atoms with Gasteiger partial charge in [-0.15, -0.1) is 22.7 Å². The number of carbonyl (C=O) groups is 1. The number of rotatable bonds is 4. The molecular formula is C19H22NO4S2+. The van der Waals surface area contributed by atoms with Crippen LogP contribution in [0.2, 0.25) is 0 Å². The highest BCUT2D eigenvalue weighted by Gasteiger charge is 2.71. The molecule has 138 valence electrons. The number of quaternary nitrogens is 1. The average Bonchev–Trinajstić information content (AvgIpc) is 2.98. The molecule has 5 rings (SSSR count). The lowest BCUT2D eigenvalue weighted by molar-refractivity contribution is -0.938. The number of fused-ring (bicyclic) bond motifs is 5.